The van der Waals surface area contributed by atoms with E-state index in [1.807, 2.05) is 26.2 Å². The maximum Gasteiger partial charge on any atom is 0.226 e. The molecule has 0 atom stereocenters. The van der Waals surface area contributed by atoms with E-state index in [-0.39, 0.29) is 17.7 Å². The lowest BCUT2D eigenvalue weighted by atomic mass is 9.86. The molecule has 6 heteroatoms. The predicted molar refractivity (Wildman–Crippen MR) is 90.8 cm³/mol. The summed E-state index contributed by atoms with van der Waals surface area (Å²) in [6.07, 6.45) is 2.77. The quantitative estimate of drug-likeness (QED) is 0.852. The molecule has 5 nitrogen and oxygen atoms in total. The van der Waals surface area contributed by atoms with Gasteiger partial charge in [0.15, 0.2) is 6.29 Å². The lowest BCUT2D eigenvalue weighted by Crippen LogP contribution is -2.16. The van der Waals surface area contributed by atoms with E-state index in [2.05, 4.69) is 11.4 Å². The van der Waals surface area contributed by atoms with Gasteiger partial charge in [-0.05, 0) is 28.5 Å². The largest absolute Gasteiger partial charge is 0.345 e. The summed E-state index contributed by atoms with van der Waals surface area (Å²) < 4.78 is 1.73. The van der Waals surface area contributed by atoms with Crippen LogP contribution >= 0.6 is 11.3 Å². The number of hydrogen-bond donors (Lipinski definition) is 1. The molecule has 2 heterocycles. The summed E-state index contributed by atoms with van der Waals surface area (Å²) in [7, 11) is 0. The molecule has 0 saturated heterocycles. The molecule has 0 unspecified atom stereocenters. The second-order valence-corrected chi connectivity index (χ2v) is 7.14. The third kappa shape index (κ3) is 3.88. The third-order valence-electron chi connectivity index (χ3n) is 3.53. The third-order valence-corrected chi connectivity index (χ3v) is 4.42. The topological polar surface area (TPSA) is 74.9 Å². The Bertz CT molecular complexity index is 760. The van der Waals surface area contributed by atoms with E-state index < -0.39 is 0 Å². The number of aromatic nitrogens is 1. The molecule has 0 aliphatic heterocycles. The molecule has 0 fully saturated rings. The van der Waals surface area contributed by atoms with Crippen LogP contribution in [0.25, 0.3) is 0 Å². The summed E-state index contributed by atoms with van der Waals surface area (Å²) in [6.45, 7) is 6.53. The summed E-state index contributed by atoms with van der Waals surface area (Å²) >= 11 is 1.37. The Morgan fingerprint density at radius 1 is 1.48 bits per heavy atom. The van der Waals surface area contributed by atoms with Crippen molar-refractivity contribution in [3.63, 3.8) is 0 Å². The van der Waals surface area contributed by atoms with Crippen molar-refractivity contribution in [3.8, 4) is 6.07 Å². The molecule has 2 aromatic heterocycles. The maximum absolute atomic E-state index is 12.1. The van der Waals surface area contributed by atoms with Gasteiger partial charge in [0.05, 0.1) is 11.3 Å². The smallest absolute Gasteiger partial charge is 0.226 e. The first-order valence-electron chi connectivity index (χ1n) is 7.29. The summed E-state index contributed by atoms with van der Waals surface area (Å²) in [4.78, 5) is 23.0. The molecule has 0 saturated carbocycles. The van der Waals surface area contributed by atoms with Gasteiger partial charge in [-0.3, -0.25) is 9.59 Å². The molecule has 0 aliphatic rings. The highest BCUT2D eigenvalue weighted by Gasteiger charge is 2.23. The Labute approximate surface area is 139 Å². The molecular weight excluding hydrogens is 310 g/mol. The van der Waals surface area contributed by atoms with Crippen LogP contribution in [0.2, 0.25) is 0 Å². The number of thiophene rings is 1. The molecule has 2 aromatic rings. The molecule has 1 N–H and O–H groups in total. The van der Waals surface area contributed by atoms with Crippen molar-refractivity contribution in [2.75, 3.05) is 5.32 Å². The number of anilines is 1. The first-order chi connectivity index (χ1) is 10.9. The number of carbonyl (C=O) groups is 2. The minimum absolute atomic E-state index is 0.144. The minimum atomic E-state index is -0.172. The number of aldehydes is 1. The van der Waals surface area contributed by atoms with Crippen LogP contribution in [0.3, 0.4) is 0 Å². The van der Waals surface area contributed by atoms with Crippen molar-refractivity contribution in [2.24, 2.45) is 0 Å². The van der Waals surface area contributed by atoms with Gasteiger partial charge in [-0.15, -0.1) is 11.3 Å². The minimum Gasteiger partial charge on any atom is -0.345 e. The van der Waals surface area contributed by atoms with Crippen molar-refractivity contribution in [2.45, 2.75) is 39.2 Å². The lowest BCUT2D eigenvalue weighted by Gasteiger charge is -2.17. The van der Waals surface area contributed by atoms with E-state index in [1.54, 1.807) is 22.9 Å². The molecule has 0 spiro atoms. The van der Waals surface area contributed by atoms with E-state index in [4.69, 9.17) is 0 Å². The van der Waals surface area contributed by atoms with Crippen molar-refractivity contribution in [3.05, 3.63) is 40.5 Å². The van der Waals surface area contributed by atoms with Crippen LogP contribution in [-0.2, 0) is 16.8 Å². The standard InChI is InChI=1S/C17H19N3O2S/c1-17(2,3)14-11-23-16(13(14)9-18)19-15(22)6-8-20-7-4-5-12(20)10-21/h4-5,7,10-11H,6,8H2,1-3H3,(H,19,22). The Morgan fingerprint density at radius 3 is 2.83 bits per heavy atom. The molecule has 0 radical (unpaired) electrons. The van der Waals surface area contributed by atoms with Crippen LogP contribution in [0, 0.1) is 11.3 Å². The SMILES string of the molecule is CC(C)(C)c1csc(NC(=O)CCn2cccc2C=O)c1C#N. The van der Waals surface area contributed by atoms with Gasteiger partial charge in [0.1, 0.15) is 11.1 Å². The van der Waals surface area contributed by atoms with E-state index >= 15 is 0 Å². The fraction of sp³-hybridized carbons (Fsp3) is 0.353. The Balaban J connectivity index is 2.05. The summed E-state index contributed by atoms with van der Waals surface area (Å²) in [5.74, 6) is -0.172. The predicted octanol–water partition coefficient (Wildman–Crippen LogP) is 3.56. The number of nitrogens with zero attached hydrogens (tertiary/aromatic N) is 2. The van der Waals surface area contributed by atoms with Crippen molar-refractivity contribution < 1.29 is 9.59 Å². The number of nitrogens with one attached hydrogen (secondary N) is 1. The highest BCUT2D eigenvalue weighted by Crippen LogP contribution is 2.35. The zero-order valence-corrected chi connectivity index (χ0v) is 14.2. The summed E-state index contributed by atoms with van der Waals surface area (Å²) in [6, 6.07) is 5.66. The number of carbonyl (C=O) groups excluding carboxylic acids is 2. The number of amides is 1. The fourth-order valence-corrected chi connectivity index (χ4v) is 3.42. The van der Waals surface area contributed by atoms with Crippen LogP contribution in [0.1, 0.15) is 48.8 Å². The normalized spacial score (nSPS) is 11.0. The zero-order valence-electron chi connectivity index (χ0n) is 13.4. The second-order valence-electron chi connectivity index (χ2n) is 6.26. The maximum atomic E-state index is 12.1. The van der Waals surface area contributed by atoms with Crippen LogP contribution < -0.4 is 5.32 Å². The molecule has 2 rings (SSSR count). The van der Waals surface area contributed by atoms with Gasteiger partial charge in [0.25, 0.3) is 0 Å². The first-order valence-corrected chi connectivity index (χ1v) is 8.17. The Kier molecular flexibility index (Phi) is 5.02. The van der Waals surface area contributed by atoms with E-state index in [0.29, 0.717) is 22.8 Å². The van der Waals surface area contributed by atoms with Gasteiger partial charge >= 0.3 is 0 Å². The zero-order chi connectivity index (χ0) is 17.0. The average molecular weight is 329 g/mol. The molecule has 0 bridgehead atoms. The van der Waals surface area contributed by atoms with Crippen molar-refractivity contribution >= 4 is 28.5 Å². The molecule has 23 heavy (non-hydrogen) atoms. The van der Waals surface area contributed by atoms with E-state index in [9.17, 15) is 14.9 Å². The number of rotatable bonds is 5. The van der Waals surface area contributed by atoms with Gasteiger partial charge in [-0.1, -0.05) is 20.8 Å². The Morgan fingerprint density at radius 2 is 2.22 bits per heavy atom. The molecule has 0 aromatic carbocycles. The number of hydrogen-bond acceptors (Lipinski definition) is 4. The van der Waals surface area contributed by atoms with E-state index in [1.165, 1.54) is 11.3 Å². The van der Waals surface area contributed by atoms with Gasteiger partial charge in [-0.2, -0.15) is 5.26 Å². The van der Waals surface area contributed by atoms with Gasteiger partial charge in [-0.25, -0.2) is 0 Å². The molecular formula is C17H19N3O2S. The first kappa shape index (κ1) is 17.0. The lowest BCUT2D eigenvalue weighted by molar-refractivity contribution is -0.116. The highest BCUT2D eigenvalue weighted by atomic mass is 32.1. The monoisotopic (exact) mass is 329 g/mol. The number of aryl methyl sites for hydroxylation is 1. The second kappa shape index (κ2) is 6.80. The van der Waals surface area contributed by atoms with Gasteiger partial charge < -0.3 is 9.88 Å². The summed E-state index contributed by atoms with van der Waals surface area (Å²) in [5.41, 5.74) is 1.87. The number of nitriles is 1. The average Bonchev–Trinajstić information content (AvgIpc) is 3.10. The molecule has 1 amide bonds. The van der Waals surface area contributed by atoms with Crippen molar-refractivity contribution in [1.29, 1.82) is 5.26 Å². The van der Waals surface area contributed by atoms with Crippen LogP contribution in [-0.4, -0.2) is 16.8 Å². The summed E-state index contributed by atoms with van der Waals surface area (Å²) in [5, 5.41) is 14.7. The van der Waals surface area contributed by atoms with Crippen LogP contribution in [0.4, 0.5) is 5.00 Å². The molecule has 0 aliphatic carbocycles. The van der Waals surface area contributed by atoms with Crippen LogP contribution in [0.15, 0.2) is 23.7 Å². The highest BCUT2D eigenvalue weighted by molar-refractivity contribution is 7.14. The van der Waals surface area contributed by atoms with E-state index in [0.717, 1.165) is 11.8 Å². The molecule has 120 valence electrons. The fourth-order valence-electron chi connectivity index (χ4n) is 2.26. The van der Waals surface area contributed by atoms with Gasteiger partial charge in [0.2, 0.25) is 5.91 Å². The van der Waals surface area contributed by atoms with Crippen LogP contribution in [0.5, 0.6) is 0 Å². The Hall–Kier alpha value is -2.39. The van der Waals surface area contributed by atoms with Crippen molar-refractivity contribution in [1.82, 2.24) is 4.57 Å². The van der Waals surface area contributed by atoms with Gasteiger partial charge in [0, 0.05) is 19.2 Å².